The number of aryl methyl sites for hydroxylation is 1. The van der Waals surface area contributed by atoms with Crippen molar-refractivity contribution in [3.8, 4) is 16.3 Å². The normalized spacial score (nSPS) is 11.1. The molecule has 0 saturated carbocycles. The molecule has 6 heteroatoms. The van der Waals surface area contributed by atoms with E-state index in [9.17, 15) is 4.79 Å². The van der Waals surface area contributed by atoms with Crippen LogP contribution in [0.3, 0.4) is 0 Å². The number of hydrogen-bond acceptors (Lipinski definition) is 4. The van der Waals surface area contributed by atoms with Crippen LogP contribution in [0.25, 0.3) is 20.8 Å². The molecule has 0 atom stereocenters. The number of nitrogens with one attached hydrogen (secondary N) is 1. The minimum absolute atomic E-state index is 0.0570. The van der Waals surface area contributed by atoms with Gasteiger partial charge in [-0.25, -0.2) is 4.98 Å². The van der Waals surface area contributed by atoms with Crippen LogP contribution in [0.5, 0.6) is 5.75 Å². The minimum atomic E-state index is -0.208. The van der Waals surface area contributed by atoms with Crippen molar-refractivity contribution in [3.05, 3.63) is 76.3 Å². The van der Waals surface area contributed by atoms with Gasteiger partial charge in [-0.3, -0.25) is 4.79 Å². The molecule has 158 valence electrons. The van der Waals surface area contributed by atoms with Crippen molar-refractivity contribution in [2.45, 2.75) is 26.7 Å². The van der Waals surface area contributed by atoms with Gasteiger partial charge >= 0.3 is 0 Å². The van der Waals surface area contributed by atoms with Crippen LogP contribution in [-0.4, -0.2) is 17.5 Å². The molecule has 1 aromatic heterocycles. The highest BCUT2D eigenvalue weighted by atomic mass is 79.9. The summed E-state index contributed by atoms with van der Waals surface area (Å²) in [4.78, 5) is 17.5. The van der Waals surface area contributed by atoms with E-state index >= 15 is 0 Å². The average molecular weight is 495 g/mol. The third-order valence-corrected chi connectivity index (χ3v) is 6.49. The lowest BCUT2D eigenvalue weighted by Gasteiger charge is -2.15. The molecule has 1 heterocycles. The highest BCUT2D eigenvalue weighted by Gasteiger charge is 2.15. The number of rotatable bonds is 6. The zero-order chi connectivity index (χ0) is 22.0. The molecule has 0 unspecified atom stereocenters. The number of carbonyl (C=O) groups is 1. The number of thiazole rings is 1. The van der Waals surface area contributed by atoms with E-state index in [4.69, 9.17) is 9.72 Å². The number of hydrogen-bond donors (Lipinski definition) is 1. The van der Waals surface area contributed by atoms with E-state index in [0.29, 0.717) is 11.6 Å². The Balaban J connectivity index is 1.55. The molecule has 0 aliphatic carbocycles. The van der Waals surface area contributed by atoms with E-state index < -0.39 is 0 Å². The van der Waals surface area contributed by atoms with Crippen molar-refractivity contribution in [3.63, 3.8) is 0 Å². The maximum absolute atomic E-state index is 12.7. The van der Waals surface area contributed by atoms with Crippen LogP contribution in [0.15, 0.2) is 65.1 Å². The number of aromatic nitrogens is 1. The van der Waals surface area contributed by atoms with Gasteiger partial charge in [-0.05, 0) is 60.4 Å². The van der Waals surface area contributed by atoms with Gasteiger partial charge in [0.1, 0.15) is 10.8 Å². The van der Waals surface area contributed by atoms with Gasteiger partial charge in [0.15, 0.2) is 6.61 Å². The third-order valence-electron chi connectivity index (χ3n) is 4.93. The molecule has 0 spiro atoms. The van der Waals surface area contributed by atoms with E-state index in [-0.39, 0.29) is 12.5 Å². The first-order valence-corrected chi connectivity index (χ1v) is 11.7. The first kappa shape index (κ1) is 21.5. The molecule has 0 bridgehead atoms. The quantitative estimate of drug-likeness (QED) is 0.308. The molecule has 0 radical (unpaired) electrons. The standard InChI is InChI=1S/C25H23BrN2O2S/c1-15(2)18-10-8-16(3)12-22(18)30-14-24(29)27-20-11-9-17(26)13-19(20)25-28-21-6-4-5-7-23(21)31-25/h4-13,15H,14H2,1-3H3,(H,27,29). The van der Waals surface area contributed by atoms with Gasteiger partial charge in [0, 0.05) is 10.0 Å². The van der Waals surface area contributed by atoms with Gasteiger partial charge in [0.25, 0.3) is 5.91 Å². The van der Waals surface area contributed by atoms with Crippen LogP contribution in [0.4, 0.5) is 5.69 Å². The van der Waals surface area contributed by atoms with Crippen LogP contribution >= 0.6 is 27.3 Å². The first-order valence-electron chi connectivity index (χ1n) is 10.1. The Kier molecular flexibility index (Phi) is 6.39. The van der Waals surface area contributed by atoms with Gasteiger partial charge < -0.3 is 10.1 Å². The van der Waals surface area contributed by atoms with Crippen molar-refractivity contribution >= 4 is 49.1 Å². The number of nitrogens with zero attached hydrogens (tertiary/aromatic N) is 1. The predicted molar refractivity (Wildman–Crippen MR) is 132 cm³/mol. The molecule has 0 aliphatic heterocycles. The zero-order valence-electron chi connectivity index (χ0n) is 17.6. The van der Waals surface area contributed by atoms with E-state index in [1.165, 1.54) is 0 Å². The molecule has 31 heavy (non-hydrogen) atoms. The summed E-state index contributed by atoms with van der Waals surface area (Å²) < 4.78 is 7.93. The molecule has 0 saturated heterocycles. The Labute approximate surface area is 194 Å². The highest BCUT2D eigenvalue weighted by molar-refractivity contribution is 9.10. The Morgan fingerprint density at radius 1 is 1.13 bits per heavy atom. The SMILES string of the molecule is Cc1ccc(C(C)C)c(OCC(=O)Nc2ccc(Br)cc2-c2nc3ccccc3s2)c1. The van der Waals surface area contributed by atoms with E-state index in [1.807, 2.05) is 49.4 Å². The Hall–Kier alpha value is -2.70. The third kappa shape index (κ3) is 4.97. The van der Waals surface area contributed by atoms with Crippen LogP contribution in [-0.2, 0) is 4.79 Å². The lowest BCUT2D eigenvalue weighted by atomic mass is 10.0. The summed E-state index contributed by atoms with van der Waals surface area (Å²) in [5, 5.41) is 3.86. The van der Waals surface area contributed by atoms with Crippen molar-refractivity contribution in [1.29, 1.82) is 0 Å². The number of amides is 1. The van der Waals surface area contributed by atoms with E-state index in [1.54, 1.807) is 11.3 Å². The first-order chi connectivity index (χ1) is 14.9. The van der Waals surface area contributed by atoms with Gasteiger partial charge in [0.05, 0.1) is 15.9 Å². The van der Waals surface area contributed by atoms with Crippen molar-refractivity contribution in [2.24, 2.45) is 0 Å². The predicted octanol–water partition coefficient (Wildman–Crippen LogP) is 7.18. The molecule has 0 fully saturated rings. The van der Waals surface area contributed by atoms with E-state index in [0.717, 1.165) is 42.1 Å². The summed E-state index contributed by atoms with van der Waals surface area (Å²) >= 11 is 5.14. The number of para-hydroxylation sites is 1. The van der Waals surface area contributed by atoms with Gasteiger partial charge in [0.2, 0.25) is 0 Å². The molecule has 4 nitrogen and oxygen atoms in total. The van der Waals surface area contributed by atoms with Crippen LogP contribution in [0.1, 0.15) is 30.9 Å². The molecule has 1 amide bonds. The topological polar surface area (TPSA) is 51.2 Å². The number of anilines is 1. The summed E-state index contributed by atoms with van der Waals surface area (Å²) in [6.45, 7) is 6.19. The van der Waals surface area contributed by atoms with Gasteiger partial charge in [-0.15, -0.1) is 11.3 Å². The fraction of sp³-hybridized carbons (Fsp3) is 0.200. The molecule has 4 aromatic rings. The number of carbonyl (C=O) groups excluding carboxylic acids is 1. The zero-order valence-corrected chi connectivity index (χ0v) is 20.0. The second kappa shape index (κ2) is 9.20. The number of ether oxygens (including phenoxy) is 1. The molecular weight excluding hydrogens is 472 g/mol. The summed E-state index contributed by atoms with van der Waals surface area (Å²) in [5.74, 6) is 0.865. The van der Waals surface area contributed by atoms with Crippen molar-refractivity contribution < 1.29 is 9.53 Å². The molecular formula is C25H23BrN2O2S. The maximum Gasteiger partial charge on any atom is 0.262 e. The fourth-order valence-corrected chi connectivity index (χ4v) is 4.72. The molecule has 4 rings (SSSR count). The summed E-state index contributed by atoms with van der Waals surface area (Å²) in [6.07, 6.45) is 0. The smallest absolute Gasteiger partial charge is 0.262 e. The maximum atomic E-state index is 12.7. The lowest BCUT2D eigenvalue weighted by molar-refractivity contribution is -0.118. The second-order valence-corrected chi connectivity index (χ2v) is 9.66. The molecule has 1 N–H and O–H groups in total. The second-order valence-electron chi connectivity index (χ2n) is 7.71. The summed E-state index contributed by atoms with van der Waals surface area (Å²) in [6, 6.07) is 19.9. The van der Waals surface area contributed by atoms with Crippen molar-refractivity contribution in [2.75, 3.05) is 11.9 Å². The monoisotopic (exact) mass is 494 g/mol. The van der Waals surface area contributed by atoms with Crippen LogP contribution in [0.2, 0.25) is 0 Å². The molecule has 3 aromatic carbocycles. The van der Waals surface area contributed by atoms with Gasteiger partial charge in [-0.2, -0.15) is 0 Å². The summed E-state index contributed by atoms with van der Waals surface area (Å²) in [7, 11) is 0. The van der Waals surface area contributed by atoms with Gasteiger partial charge in [-0.1, -0.05) is 54.0 Å². The van der Waals surface area contributed by atoms with E-state index in [2.05, 4.69) is 53.3 Å². The minimum Gasteiger partial charge on any atom is -0.483 e. The Bertz CT molecular complexity index is 1220. The number of halogens is 1. The summed E-state index contributed by atoms with van der Waals surface area (Å²) in [5.41, 5.74) is 4.73. The Morgan fingerprint density at radius 3 is 2.71 bits per heavy atom. The number of benzene rings is 3. The Morgan fingerprint density at radius 2 is 1.94 bits per heavy atom. The average Bonchev–Trinajstić information content (AvgIpc) is 3.17. The highest BCUT2D eigenvalue weighted by Crippen LogP contribution is 2.36. The lowest BCUT2D eigenvalue weighted by Crippen LogP contribution is -2.21. The van der Waals surface area contributed by atoms with Crippen molar-refractivity contribution in [1.82, 2.24) is 4.98 Å². The van der Waals surface area contributed by atoms with Crippen LogP contribution in [0, 0.1) is 6.92 Å². The van der Waals surface area contributed by atoms with Crippen LogP contribution < -0.4 is 10.1 Å². The molecule has 0 aliphatic rings. The fourth-order valence-electron chi connectivity index (χ4n) is 3.36. The number of fused-ring (bicyclic) bond motifs is 1. The largest absolute Gasteiger partial charge is 0.483 e.